The highest BCUT2D eigenvalue weighted by atomic mass is 19.1. The van der Waals surface area contributed by atoms with E-state index in [0.717, 1.165) is 11.1 Å². The molecular formula is C16H16FNO. The Morgan fingerprint density at radius 2 is 1.84 bits per heavy atom. The van der Waals surface area contributed by atoms with E-state index in [1.165, 1.54) is 12.1 Å². The Morgan fingerprint density at radius 1 is 1.16 bits per heavy atom. The van der Waals surface area contributed by atoms with E-state index < -0.39 is 11.7 Å². The molecule has 0 aromatic heterocycles. The van der Waals surface area contributed by atoms with Crippen LogP contribution in [0, 0.1) is 12.7 Å². The molecule has 0 saturated heterocycles. The summed E-state index contributed by atoms with van der Waals surface area (Å²) in [6.07, 6.45) is 0. The van der Waals surface area contributed by atoms with Crippen LogP contribution in [0.25, 0.3) is 0 Å². The molecule has 0 radical (unpaired) electrons. The van der Waals surface area contributed by atoms with E-state index in [1.54, 1.807) is 13.0 Å². The van der Waals surface area contributed by atoms with Crippen LogP contribution in [0.15, 0.2) is 48.5 Å². The number of benzene rings is 2. The van der Waals surface area contributed by atoms with Gasteiger partial charge in [-0.2, -0.15) is 0 Å². The molecule has 0 unspecified atom stereocenters. The van der Waals surface area contributed by atoms with Gasteiger partial charge in [-0.05, 0) is 37.1 Å². The number of carbonyl (C=O) groups excluding carboxylic acids is 1. The Hall–Kier alpha value is -2.16. The predicted octanol–water partition coefficient (Wildman–Crippen LogP) is 3.63. The molecule has 2 aromatic rings. The van der Waals surface area contributed by atoms with Gasteiger partial charge in [0.1, 0.15) is 5.82 Å². The number of amides is 1. The van der Waals surface area contributed by atoms with Crippen molar-refractivity contribution in [3.05, 3.63) is 71.0 Å². The summed E-state index contributed by atoms with van der Waals surface area (Å²) < 4.78 is 13.7. The largest absolute Gasteiger partial charge is 0.345 e. The molecule has 1 amide bonds. The number of nitrogens with one attached hydrogen (secondary N) is 1. The first-order valence-corrected chi connectivity index (χ1v) is 6.20. The van der Waals surface area contributed by atoms with Gasteiger partial charge in [-0.1, -0.05) is 36.4 Å². The van der Waals surface area contributed by atoms with Crippen LogP contribution in [0.2, 0.25) is 0 Å². The Bertz CT molecular complexity index is 581. The summed E-state index contributed by atoms with van der Waals surface area (Å²) >= 11 is 0. The van der Waals surface area contributed by atoms with Crippen LogP contribution in [-0.2, 0) is 0 Å². The van der Waals surface area contributed by atoms with Gasteiger partial charge in [0.15, 0.2) is 0 Å². The monoisotopic (exact) mass is 257 g/mol. The second kappa shape index (κ2) is 5.65. The molecule has 0 aliphatic heterocycles. The first-order valence-electron chi connectivity index (χ1n) is 6.20. The van der Waals surface area contributed by atoms with Gasteiger partial charge in [0.05, 0.1) is 11.6 Å². The molecule has 0 saturated carbocycles. The van der Waals surface area contributed by atoms with E-state index >= 15 is 0 Å². The summed E-state index contributed by atoms with van der Waals surface area (Å²) in [5.41, 5.74) is 1.86. The smallest absolute Gasteiger partial charge is 0.254 e. The third-order valence-electron chi connectivity index (χ3n) is 3.02. The van der Waals surface area contributed by atoms with Crippen LogP contribution in [0.3, 0.4) is 0 Å². The first kappa shape index (κ1) is 13.3. The van der Waals surface area contributed by atoms with E-state index in [4.69, 9.17) is 0 Å². The van der Waals surface area contributed by atoms with Crippen molar-refractivity contribution in [3.63, 3.8) is 0 Å². The van der Waals surface area contributed by atoms with Gasteiger partial charge >= 0.3 is 0 Å². The van der Waals surface area contributed by atoms with Crippen molar-refractivity contribution in [1.82, 2.24) is 5.32 Å². The second-order valence-electron chi connectivity index (χ2n) is 4.59. The average molecular weight is 257 g/mol. The first-order chi connectivity index (χ1) is 9.08. The Kier molecular flexibility index (Phi) is 3.95. The maximum Gasteiger partial charge on any atom is 0.254 e. The van der Waals surface area contributed by atoms with E-state index in [2.05, 4.69) is 5.32 Å². The highest BCUT2D eigenvalue weighted by molar-refractivity contribution is 5.94. The summed E-state index contributed by atoms with van der Waals surface area (Å²) in [6, 6.07) is 14.0. The predicted molar refractivity (Wildman–Crippen MR) is 73.5 cm³/mol. The highest BCUT2D eigenvalue weighted by Gasteiger charge is 2.14. The minimum atomic E-state index is -0.488. The topological polar surface area (TPSA) is 29.1 Å². The zero-order valence-electron chi connectivity index (χ0n) is 11.0. The van der Waals surface area contributed by atoms with Crippen molar-refractivity contribution in [3.8, 4) is 0 Å². The van der Waals surface area contributed by atoms with Gasteiger partial charge in [-0.25, -0.2) is 4.39 Å². The molecule has 2 aromatic carbocycles. The quantitative estimate of drug-likeness (QED) is 0.893. The molecule has 0 spiro atoms. The van der Waals surface area contributed by atoms with Crippen molar-refractivity contribution in [2.45, 2.75) is 19.9 Å². The summed E-state index contributed by atoms with van der Waals surface area (Å²) in [6.45, 7) is 3.66. The maximum absolute atomic E-state index is 13.7. The highest BCUT2D eigenvalue weighted by Crippen LogP contribution is 2.14. The minimum absolute atomic E-state index is 0.0772. The summed E-state index contributed by atoms with van der Waals surface area (Å²) in [5.74, 6) is -0.883. The molecule has 0 heterocycles. The number of rotatable bonds is 3. The molecule has 3 heteroatoms. The van der Waals surface area contributed by atoms with E-state index in [1.807, 2.05) is 37.3 Å². The molecule has 0 aliphatic carbocycles. The van der Waals surface area contributed by atoms with Crippen LogP contribution in [0.1, 0.15) is 34.5 Å². The molecule has 19 heavy (non-hydrogen) atoms. The molecule has 0 aliphatic rings. The molecule has 2 rings (SSSR count). The fraction of sp³-hybridized carbons (Fsp3) is 0.188. The van der Waals surface area contributed by atoms with Crippen molar-refractivity contribution in [2.75, 3.05) is 0 Å². The zero-order valence-corrected chi connectivity index (χ0v) is 11.0. The van der Waals surface area contributed by atoms with Crippen molar-refractivity contribution in [1.29, 1.82) is 0 Å². The van der Waals surface area contributed by atoms with Gasteiger partial charge in [0.2, 0.25) is 0 Å². The summed E-state index contributed by atoms with van der Waals surface area (Å²) in [4.78, 5) is 12.0. The maximum atomic E-state index is 13.7. The Morgan fingerprint density at radius 3 is 2.47 bits per heavy atom. The number of carbonyl (C=O) groups is 1. The van der Waals surface area contributed by atoms with E-state index in [-0.39, 0.29) is 11.6 Å². The normalized spacial score (nSPS) is 11.9. The Balaban J connectivity index is 2.13. The molecule has 2 nitrogen and oxygen atoms in total. The average Bonchev–Trinajstić information content (AvgIpc) is 2.39. The molecule has 98 valence electrons. The van der Waals surface area contributed by atoms with Gasteiger partial charge in [0.25, 0.3) is 5.91 Å². The van der Waals surface area contributed by atoms with Crippen molar-refractivity contribution >= 4 is 5.91 Å². The van der Waals surface area contributed by atoms with E-state index in [0.29, 0.717) is 0 Å². The number of halogens is 1. The van der Waals surface area contributed by atoms with Crippen molar-refractivity contribution in [2.24, 2.45) is 0 Å². The molecule has 0 bridgehead atoms. The fourth-order valence-electron chi connectivity index (χ4n) is 1.90. The zero-order chi connectivity index (χ0) is 13.8. The van der Waals surface area contributed by atoms with Gasteiger partial charge in [-0.3, -0.25) is 4.79 Å². The van der Waals surface area contributed by atoms with Crippen LogP contribution in [-0.4, -0.2) is 5.91 Å². The third-order valence-corrected chi connectivity index (χ3v) is 3.02. The Labute approximate surface area is 112 Å². The lowest BCUT2D eigenvalue weighted by molar-refractivity contribution is 0.0936. The van der Waals surface area contributed by atoms with Crippen LogP contribution in [0.5, 0.6) is 0 Å². The summed E-state index contributed by atoms with van der Waals surface area (Å²) in [5, 5.41) is 2.79. The number of hydrogen-bond acceptors (Lipinski definition) is 1. The third kappa shape index (κ3) is 3.19. The lowest BCUT2D eigenvalue weighted by Gasteiger charge is -2.14. The van der Waals surface area contributed by atoms with Crippen LogP contribution < -0.4 is 5.32 Å². The fourth-order valence-corrected chi connectivity index (χ4v) is 1.90. The lowest BCUT2D eigenvalue weighted by atomic mass is 10.1. The van der Waals surface area contributed by atoms with Gasteiger partial charge in [-0.15, -0.1) is 0 Å². The van der Waals surface area contributed by atoms with Gasteiger partial charge < -0.3 is 5.32 Å². The number of aryl methyl sites for hydroxylation is 1. The van der Waals surface area contributed by atoms with Crippen molar-refractivity contribution < 1.29 is 9.18 Å². The molecule has 1 N–H and O–H groups in total. The lowest BCUT2D eigenvalue weighted by Crippen LogP contribution is -2.27. The van der Waals surface area contributed by atoms with Crippen LogP contribution in [0.4, 0.5) is 4.39 Å². The standard InChI is InChI=1S/C16H16FNO/c1-11-8-9-14(15(17)10-11)16(19)18-12(2)13-6-4-3-5-7-13/h3-10,12H,1-2H3,(H,18,19)/t12-/m0/s1. The van der Waals surface area contributed by atoms with Crippen LogP contribution >= 0.6 is 0 Å². The van der Waals surface area contributed by atoms with Gasteiger partial charge in [0, 0.05) is 0 Å². The SMILES string of the molecule is Cc1ccc(C(=O)N[C@@H](C)c2ccccc2)c(F)c1. The molecule has 0 fully saturated rings. The summed E-state index contributed by atoms with van der Waals surface area (Å²) in [7, 11) is 0. The minimum Gasteiger partial charge on any atom is -0.345 e. The van der Waals surface area contributed by atoms with E-state index in [9.17, 15) is 9.18 Å². The molecular weight excluding hydrogens is 241 g/mol. The molecule has 1 atom stereocenters. The number of hydrogen-bond donors (Lipinski definition) is 1. The second-order valence-corrected chi connectivity index (χ2v) is 4.59.